The van der Waals surface area contributed by atoms with Crippen LogP contribution in [0.15, 0.2) is 53.6 Å². The Kier molecular flexibility index (Phi) is 6.47. The molecule has 0 N–H and O–H groups in total. The van der Waals surface area contributed by atoms with Crippen molar-refractivity contribution in [1.82, 2.24) is 9.55 Å². The summed E-state index contributed by atoms with van der Waals surface area (Å²) in [6.45, 7) is 6.76. The summed E-state index contributed by atoms with van der Waals surface area (Å²) in [5.41, 5.74) is 11.7. The lowest BCUT2D eigenvalue weighted by Gasteiger charge is -2.36. The molecule has 0 spiro atoms. The van der Waals surface area contributed by atoms with Crippen molar-refractivity contribution >= 4 is 22.7 Å². The number of fused-ring (bicyclic) bond motifs is 1. The van der Waals surface area contributed by atoms with Gasteiger partial charge in [0.15, 0.2) is 0 Å². The van der Waals surface area contributed by atoms with Crippen molar-refractivity contribution < 1.29 is 9.53 Å². The van der Waals surface area contributed by atoms with E-state index in [0.717, 1.165) is 29.4 Å². The van der Waals surface area contributed by atoms with Crippen molar-refractivity contribution in [1.29, 1.82) is 0 Å². The number of benzene rings is 2. The molecular weight excluding hydrogens is 402 g/mol. The van der Waals surface area contributed by atoms with Crippen LogP contribution in [-0.2, 0) is 16.1 Å². The van der Waals surface area contributed by atoms with Crippen LogP contribution in [0.25, 0.3) is 32.9 Å². The summed E-state index contributed by atoms with van der Waals surface area (Å²) in [6.07, 6.45) is 3.19. The van der Waals surface area contributed by atoms with Crippen LogP contribution in [0, 0.1) is 17.8 Å². The lowest BCUT2D eigenvalue weighted by atomic mass is 9.75. The Labute approximate surface area is 188 Å². The smallest absolute Gasteiger partial charge is 0.326 e. The van der Waals surface area contributed by atoms with Gasteiger partial charge < -0.3 is 9.30 Å². The van der Waals surface area contributed by atoms with E-state index >= 15 is 0 Å². The fourth-order valence-electron chi connectivity index (χ4n) is 4.77. The van der Waals surface area contributed by atoms with Gasteiger partial charge in [0.05, 0.1) is 11.0 Å². The van der Waals surface area contributed by atoms with Crippen LogP contribution in [0.4, 0.5) is 5.69 Å². The molecule has 166 valence electrons. The summed E-state index contributed by atoms with van der Waals surface area (Å²) in [4.78, 5) is 20.7. The summed E-state index contributed by atoms with van der Waals surface area (Å²) in [5.74, 6) is 1.92. The van der Waals surface area contributed by atoms with E-state index in [4.69, 9.17) is 15.3 Å². The molecule has 1 saturated carbocycles. The van der Waals surface area contributed by atoms with Gasteiger partial charge >= 0.3 is 5.97 Å². The second-order valence-corrected chi connectivity index (χ2v) is 9.10. The SMILES string of the molecule is CC(C)C1CC[C@@H](C)C[C@H]1OC(=O)Cn1c(-c2ccc(N=[N+]=[N-])cc2)nc2ccccc21. The molecule has 1 fully saturated rings. The maximum Gasteiger partial charge on any atom is 0.326 e. The van der Waals surface area contributed by atoms with Gasteiger partial charge in [-0.05, 0) is 48.3 Å². The minimum atomic E-state index is -0.232. The highest BCUT2D eigenvalue weighted by molar-refractivity contribution is 5.83. The number of azide groups is 1. The highest BCUT2D eigenvalue weighted by atomic mass is 16.5. The minimum absolute atomic E-state index is 0.0346. The van der Waals surface area contributed by atoms with Crippen LogP contribution in [0.3, 0.4) is 0 Å². The van der Waals surface area contributed by atoms with Gasteiger partial charge in [0.2, 0.25) is 0 Å². The lowest BCUT2D eigenvalue weighted by Crippen LogP contribution is -2.36. The van der Waals surface area contributed by atoms with Crippen molar-refractivity contribution in [3.63, 3.8) is 0 Å². The first-order chi connectivity index (χ1) is 15.5. The van der Waals surface area contributed by atoms with Crippen molar-refractivity contribution in [2.45, 2.75) is 52.7 Å². The standard InChI is InChI=1S/C25H29N5O2/c1-16(2)20-13-8-17(3)14-23(20)32-24(31)15-30-22-7-5-4-6-21(22)27-25(30)18-9-11-19(12-10-18)28-29-26/h4-7,9-12,16-17,20,23H,8,13-15H2,1-3H3/t17-,20?,23-/m1/s1. The number of imidazole rings is 1. The Balaban J connectivity index is 1.62. The van der Waals surface area contributed by atoms with Crippen LogP contribution in [0.1, 0.15) is 40.0 Å². The zero-order chi connectivity index (χ0) is 22.7. The molecule has 1 aliphatic rings. The lowest BCUT2D eigenvalue weighted by molar-refractivity contribution is -0.156. The summed E-state index contributed by atoms with van der Waals surface area (Å²) in [5, 5.41) is 3.63. The second kappa shape index (κ2) is 9.45. The van der Waals surface area contributed by atoms with Crippen molar-refractivity contribution in [3.05, 3.63) is 59.0 Å². The molecule has 3 aromatic rings. The Morgan fingerprint density at radius 2 is 1.97 bits per heavy atom. The van der Waals surface area contributed by atoms with Crippen LogP contribution in [0.5, 0.6) is 0 Å². The Hall–Kier alpha value is -3.31. The number of para-hydroxylation sites is 2. The van der Waals surface area contributed by atoms with Gasteiger partial charge in [-0.15, -0.1) is 0 Å². The van der Waals surface area contributed by atoms with Crippen molar-refractivity contribution in [3.8, 4) is 11.4 Å². The molecule has 0 bridgehead atoms. The predicted octanol–water partition coefficient (Wildman–Crippen LogP) is 6.65. The molecule has 2 aromatic carbocycles. The molecule has 3 atom stereocenters. The summed E-state index contributed by atoms with van der Waals surface area (Å²) < 4.78 is 7.97. The fourth-order valence-corrected chi connectivity index (χ4v) is 4.77. The largest absolute Gasteiger partial charge is 0.461 e. The number of carbonyl (C=O) groups is 1. The van der Waals surface area contributed by atoms with Crippen LogP contribution >= 0.6 is 0 Å². The Bertz CT molecular complexity index is 1140. The molecule has 0 saturated heterocycles. The highest BCUT2D eigenvalue weighted by Gasteiger charge is 2.33. The molecule has 0 radical (unpaired) electrons. The zero-order valence-corrected chi connectivity index (χ0v) is 18.8. The van der Waals surface area contributed by atoms with E-state index in [2.05, 4.69) is 30.8 Å². The predicted molar refractivity (Wildman–Crippen MR) is 125 cm³/mol. The number of rotatable bonds is 6. The summed E-state index contributed by atoms with van der Waals surface area (Å²) >= 11 is 0. The number of hydrogen-bond acceptors (Lipinski definition) is 4. The average Bonchev–Trinajstić information content (AvgIpc) is 3.12. The first kappa shape index (κ1) is 21.9. The second-order valence-electron chi connectivity index (χ2n) is 9.10. The summed E-state index contributed by atoms with van der Waals surface area (Å²) in [6, 6.07) is 15.0. The van der Waals surface area contributed by atoms with E-state index in [-0.39, 0.29) is 18.6 Å². The maximum atomic E-state index is 13.1. The van der Waals surface area contributed by atoms with Crippen LogP contribution in [0.2, 0.25) is 0 Å². The summed E-state index contributed by atoms with van der Waals surface area (Å²) in [7, 11) is 0. The molecule has 0 aliphatic heterocycles. The molecule has 1 aromatic heterocycles. The molecule has 7 nitrogen and oxygen atoms in total. The van der Waals surface area contributed by atoms with E-state index in [1.165, 1.54) is 6.42 Å². The third kappa shape index (κ3) is 4.63. The number of nitrogens with zero attached hydrogens (tertiary/aromatic N) is 5. The van der Waals surface area contributed by atoms with Gasteiger partial charge in [0.1, 0.15) is 18.5 Å². The van der Waals surface area contributed by atoms with Crippen molar-refractivity contribution in [2.24, 2.45) is 22.9 Å². The van der Waals surface area contributed by atoms with Gasteiger partial charge in [-0.1, -0.05) is 68.7 Å². The normalized spacial score (nSPS) is 20.8. The van der Waals surface area contributed by atoms with Gasteiger partial charge in [0.25, 0.3) is 0 Å². The van der Waals surface area contributed by atoms with Gasteiger partial charge in [-0.2, -0.15) is 0 Å². The molecule has 32 heavy (non-hydrogen) atoms. The number of ether oxygens (including phenoxy) is 1. The highest BCUT2D eigenvalue weighted by Crippen LogP contribution is 2.35. The molecule has 1 aliphatic carbocycles. The molecule has 1 heterocycles. The molecular formula is C25H29N5O2. The molecule has 0 amide bonds. The quantitative estimate of drug-likeness (QED) is 0.189. The Morgan fingerprint density at radius 3 is 2.69 bits per heavy atom. The van der Waals surface area contributed by atoms with E-state index in [9.17, 15) is 4.79 Å². The zero-order valence-electron chi connectivity index (χ0n) is 18.8. The third-order valence-electron chi connectivity index (χ3n) is 6.47. The van der Waals surface area contributed by atoms with E-state index < -0.39 is 0 Å². The number of carbonyl (C=O) groups excluding carboxylic acids is 1. The topological polar surface area (TPSA) is 92.9 Å². The molecule has 1 unspecified atom stereocenters. The van der Waals surface area contributed by atoms with Crippen molar-refractivity contribution in [2.75, 3.05) is 0 Å². The van der Waals surface area contributed by atoms with E-state index in [1.807, 2.05) is 41.0 Å². The molecule has 7 heteroatoms. The first-order valence-electron chi connectivity index (χ1n) is 11.3. The van der Waals surface area contributed by atoms with Gasteiger partial charge in [-0.3, -0.25) is 4.79 Å². The average molecular weight is 432 g/mol. The van der Waals surface area contributed by atoms with Crippen LogP contribution < -0.4 is 0 Å². The number of aromatic nitrogens is 2. The van der Waals surface area contributed by atoms with E-state index in [0.29, 0.717) is 29.3 Å². The van der Waals surface area contributed by atoms with Gasteiger partial charge in [-0.25, -0.2) is 4.98 Å². The number of hydrogen-bond donors (Lipinski definition) is 0. The maximum absolute atomic E-state index is 13.1. The fraction of sp³-hybridized carbons (Fsp3) is 0.440. The Morgan fingerprint density at radius 1 is 1.22 bits per heavy atom. The van der Waals surface area contributed by atoms with Crippen LogP contribution in [-0.4, -0.2) is 21.6 Å². The minimum Gasteiger partial charge on any atom is -0.461 e. The third-order valence-corrected chi connectivity index (χ3v) is 6.47. The molecule has 4 rings (SSSR count). The number of esters is 1. The first-order valence-corrected chi connectivity index (χ1v) is 11.3. The monoisotopic (exact) mass is 431 g/mol. The van der Waals surface area contributed by atoms with E-state index in [1.54, 1.807) is 12.1 Å². The van der Waals surface area contributed by atoms with Gasteiger partial charge in [0, 0.05) is 16.2 Å².